The third kappa shape index (κ3) is 2.28. The van der Waals surface area contributed by atoms with E-state index in [0.29, 0.717) is 4.90 Å². The quantitative estimate of drug-likeness (QED) is 0.843. The normalized spacial score (nSPS) is 12.6. The van der Waals surface area contributed by atoms with Gasteiger partial charge in [-0.05, 0) is 50.6 Å². The Hall–Kier alpha value is -1.68. The van der Waals surface area contributed by atoms with Gasteiger partial charge >= 0.3 is 0 Å². The minimum Gasteiger partial charge on any atom is -0.256 e. The van der Waals surface area contributed by atoms with Crippen molar-refractivity contribution in [3.63, 3.8) is 0 Å². The molecule has 0 atom stereocenters. The molecule has 2 rings (SSSR count). The second-order valence-electron chi connectivity index (χ2n) is 5.40. The lowest BCUT2D eigenvalue weighted by Crippen LogP contribution is -2.27. The maximum atomic E-state index is 12.5. The standard InChI is InChI=1S/C15H17NO2S/c1-5-11-8-9-16-14-7-6-12(10-13(11)14)19(17,18)15(2,3)4/h5-10H,1H2,2-4H3. The summed E-state index contributed by atoms with van der Waals surface area (Å²) in [5.41, 5.74) is 1.65. The topological polar surface area (TPSA) is 47.0 Å². The van der Waals surface area contributed by atoms with Gasteiger partial charge in [-0.3, -0.25) is 4.98 Å². The zero-order valence-electron chi connectivity index (χ0n) is 11.3. The van der Waals surface area contributed by atoms with Gasteiger partial charge < -0.3 is 0 Å². The van der Waals surface area contributed by atoms with E-state index in [1.54, 1.807) is 51.2 Å². The van der Waals surface area contributed by atoms with Gasteiger partial charge in [-0.1, -0.05) is 12.7 Å². The molecule has 100 valence electrons. The Morgan fingerprint density at radius 2 is 1.89 bits per heavy atom. The molecule has 1 heterocycles. The second-order valence-corrected chi connectivity index (χ2v) is 8.10. The highest BCUT2D eigenvalue weighted by molar-refractivity contribution is 7.92. The number of sulfone groups is 1. The highest BCUT2D eigenvalue weighted by Crippen LogP contribution is 2.28. The SMILES string of the molecule is C=Cc1ccnc2ccc(S(=O)(=O)C(C)(C)C)cc12. The van der Waals surface area contributed by atoms with Crippen LogP contribution < -0.4 is 0 Å². The van der Waals surface area contributed by atoms with Gasteiger partial charge in [-0.15, -0.1) is 0 Å². The summed E-state index contributed by atoms with van der Waals surface area (Å²) in [6.45, 7) is 8.84. The first kappa shape index (κ1) is 13.7. The molecular weight excluding hydrogens is 258 g/mol. The minimum absolute atomic E-state index is 0.323. The van der Waals surface area contributed by atoms with Crippen molar-refractivity contribution in [3.8, 4) is 0 Å². The molecule has 0 amide bonds. The first-order valence-electron chi connectivity index (χ1n) is 6.03. The maximum absolute atomic E-state index is 12.5. The molecule has 0 N–H and O–H groups in total. The Balaban J connectivity index is 2.76. The molecule has 19 heavy (non-hydrogen) atoms. The molecule has 0 spiro atoms. The molecule has 0 radical (unpaired) electrons. The van der Waals surface area contributed by atoms with Crippen molar-refractivity contribution in [1.82, 2.24) is 4.98 Å². The van der Waals surface area contributed by atoms with E-state index in [1.165, 1.54) is 0 Å². The van der Waals surface area contributed by atoms with Crippen molar-refractivity contribution >= 4 is 26.8 Å². The van der Waals surface area contributed by atoms with Crippen molar-refractivity contribution in [1.29, 1.82) is 0 Å². The van der Waals surface area contributed by atoms with E-state index in [-0.39, 0.29) is 0 Å². The molecule has 3 nitrogen and oxygen atoms in total. The first-order valence-corrected chi connectivity index (χ1v) is 7.51. The summed E-state index contributed by atoms with van der Waals surface area (Å²) in [6.07, 6.45) is 3.40. The Morgan fingerprint density at radius 1 is 1.21 bits per heavy atom. The van der Waals surface area contributed by atoms with Crippen LogP contribution in [0.15, 0.2) is 41.9 Å². The third-order valence-corrected chi connectivity index (χ3v) is 5.57. The number of aromatic nitrogens is 1. The molecule has 0 unspecified atom stereocenters. The number of benzene rings is 1. The zero-order valence-corrected chi connectivity index (χ0v) is 12.2. The van der Waals surface area contributed by atoms with Crippen molar-refractivity contribution in [2.24, 2.45) is 0 Å². The van der Waals surface area contributed by atoms with Crippen LogP contribution in [0.1, 0.15) is 26.3 Å². The zero-order chi connectivity index (χ0) is 14.3. The van der Waals surface area contributed by atoms with Crippen LogP contribution in [0.25, 0.3) is 17.0 Å². The molecule has 0 aliphatic heterocycles. The molecule has 1 aromatic heterocycles. The van der Waals surface area contributed by atoms with E-state index in [1.807, 2.05) is 6.07 Å². The van der Waals surface area contributed by atoms with E-state index in [0.717, 1.165) is 16.5 Å². The average Bonchev–Trinajstić information content (AvgIpc) is 2.36. The van der Waals surface area contributed by atoms with Crippen LogP contribution in [0.5, 0.6) is 0 Å². The summed E-state index contributed by atoms with van der Waals surface area (Å²) >= 11 is 0. The molecule has 4 heteroatoms. The van der Waals surface area contributed by atoms with Crippen LogP contribution in [-0.2, 0) is 9.84 Å². The molecular formula is C15H17NO2S. The summed E-state index contributed by atoms with van der Waals surface area (Å²) in [7, 11) is -3.35. The van der Waals surface area contributed by atoms with Gasteiger partial charge in [0.2, 0.25) is 0 Å². The van der Waals surface area contributed by atoms with Crippen LogP contribution in [-0.4, -0.2) is 18.1 Å². The lowest BCUT2D eigenvalue weighted by Gasteiger charge is -2.19. The average molecular weight is 275 g/mol. The highest BCUT2D eigenvalue weighted by Gasteiger charge is 2.30. The summed E-state index contributed by atoms with van der Waals surface area (Å²) < 4.78 is 24.1. The van der Waals surface area contributed by atoms with E-state index in [9.17, 15) is 8.42 Å². The molecule has 0 aliphatic carbocycles. The number of fused-ring (bicyclic) bond motifs is 1. The van der Waals surface area contributed by atoms with E-state index in [2.05, 4.69) is 11.6 Å². The Morgan fingerprint density at radius 3 is 2.47 bits per heavy atom. The molecule has 0 aliphatic rings. The fourth-order valence-electron chi connectivity index (χ4n) is 1.85. The lowest BCUT2D eigenvalue weighted by atomic mass is 10.1. The molecule has 0 saturated carbocycles. The summed E-state index contributed by atoms with van der Waals surface area (Å²) in [4.78, 5) is 4.56. The molecule has 1 aromatic carbocycles. The molecule has 0 saturated heterocycles. The first-order chi connectivity index (χ1) is 8.77. The van der Waals surface area contributed by atoms with Crippen molar-refractivity contribution in [2.75, 3.05) is 0 Å². The molecule has 0 fully saturated rings. The van der Waals surface area contributed by atoms with E-state index < -0.39 is 14.6 Å². The summed E-state index contributed by atoms with van der Waals surface area (Å²) in [5, 5.41) is 0.808. The monoisotopic (exact) mass is 275 g/mol. The molecule has 0 bridgehead atoms. The van der Waals surface area contributed by atoms with Gasteiger partial charge in [0.25, 0.3) is 0 Å². The fraction of sp³-hybridized carbons (Fsp3) is 0.267. The van der Waals surface area contributed by atoms with Gasteiger partial charge in [0.1, 0.15) is 0 Å². The third-order valence-electron chi connectivity index (χ3n) is 3.08. The van der Waals surface area contributed by atoms with Crippen molar-refractivity contribution in [3.05, 3.63) is 42.6 Å². The van der Waals surface area contributed by atoms with Gasteiger partial charge in [-0.25, -0.2) is 8.42 Å². The Labute approximate surface area is 113 Å². The number of nitrogens with zero attached hydrogens (tertiary/aromatic N) is 1. The summed E-state index contributed by atoms with van der Waals surface area (Å²) in [5.74, 6) is 0. The largest absolute Gasteiger partial charge is 0.256 e. The Kier molecular flexibility index (Phi) is 3.22. The van der Waals surface area contributed by atoms with Gasteiger partial charge in [0, 0.05) is 11.6 Å². The predicted octanol–water partition coefficient (Wildman–Crippen LogP) is 3.45. The fourth-order valence-corrected chi connectivity index (χ4v) is 3.07. The van der Waals surface area contributed by atoms with Crippen LogP contribution in [0, 0.1) is 0 Å². The highest BCUT2D eigenvalue weighted by atomic mass is 32.2. The number of pyridine rings is 1. The number of rotatable bonds is 2. The van der Waals surface area contributed by atoms with Gasteiger partial charge in [0.05, 0.1) is 15.2 Å². The van der Waals surface area contributed by atoms with Crippen LogP contribution >= 0.6 is 0 Å². The summed E-state index contributed by atoms with van der Waals surface area (Å²) in [6, 6.07) is 6.85. The van der Waals surface area contributed by atoms with Gasteiger partial charge in [0.15, 0.2) is 9.84 Å². The van der Waals surface area contributed by atoms with Crippen LogP contribution in [0.2, 0.25) is 0 Å². The number of hydrogen-bond acceptors (Lipinski definition) is 3. The van der Waals surface area contributed by atoms with E-state index >= 15 is 0 Å². The van der Waals surface area contributed by atoms with E-state index in [4.69, 9.17) is 0 Å². The minimum atomic E-state index is -3.35. The maximum Gasteiger partial charge on any atom is 0.183 e. The van der Waals surface area contributed by atoms with Crippen LogP contribution in [0.3, 0.4) is 0 Å². The Bertz CT molecular complexity index is 740. The second kappa shape index (κ2) is 4.46. The van der Waals surface area contributed by atoms with Crippen LogP contribution in [0.4, 0.5) is 0 Å². The smallest absolute Gasteiger partial charge is 0.183 e. The lowest BCUT2D eigenvalue weighted by molar-refractivity contribution is 0.560. The molecule has 2 aromatic rings. The van der Waals surface area contributed by atoms with Crippen molar-refractivity contribution < 1.29 is 8.42 Å². The van der Waals surface area contributed by atoms with Crippen molar-refractivity contribution in [2.45, 2.75) is 30.4 Å². The number of hydrogen-bond donors (Lipinski definition) is 0. The predicted molar refractivity (Wildman–Crippen MR) is 78.8 cm³/mol. The van der Waals surface area contributed by atoms with Gasteiger partial charge in [-0.2, -0.15) is 0 Å².